The molecule has 0 spiro atoms. The average molecular weight is 330 g/mol. The van der Waals surface area contributed by atoms with Crippen LogP contribution >= 0.6 is 0 Å². The number of rotatable bonds is 7. The van der Waals surface area contributed by atoms with Gasteiger partial charge in [-0.1, -0.05) is 12.1 Å². The number of hydrogen-bond acceptors (Lipinski definition) is 3. The molecule has 2 rings (SSSR count). The van der Waals surface area contributed by atoms with Gasteiger partial charge in [-0.15, -0.1) is 0 Å². The van der Waals surface area contributed by atoms with Crippen LogP contribution in [0.1, 0.15) is 25.3 Å². The first-order valence-corrected chi connectivity index (χ1v) is 8.01. The third kappa shape index (κ3) is 6.39. The van der Waals surface area contributed by atoms with E-state index in [0.29, 0.717) is 5.92 Å². The molecule has 1 fully saturated rings. The van der Waals surface area contributed by atoms with E-state index in [4.69, 9.17) is 4.74 Å². The minimum atomic E-state index is -4.14. The standard InChI is InChI=1S/C17H25F3N2O/c1-13(21-12-17(18,19)20)8-15-6-7-22(11-15)10-14-4-3-5-16(9-14)23-2/h3-5,9,13,15,21H,6-8,10-12H2,1-2H3. The van der Waals surface area contributed by atoms with Gasteiger partial charge in [0.05, 0.1) is 13.7 Å². The average Bonchev–Trinajstić information content (AvgIpc) is 2.91. The number of likely N-dealkylation sites (tertiary alicyclic amines) is 1. The van der Waals surface area contributed by atoms with Crippen molar-refractivity contribution < 1.29 is 17.9 Å². The number of ether oxygens (including phenoxy) is 1. The molecule has 2 atom stereocenters. The van der Waals surface area contributed by atoms with Gasteiger partial charge in [0.15, 0.2) is 0 Å². The van der Waals surface area contributed by atoms with E-state index in [1.54, 1.807) is 7.11 Å². The lowest BCUT2D eigenvalue weighted by Crippen LogP contribution is -2.36. The second-order valence-corrected chi connectivity index (χ2v) is 6.37. The Morgan fingerprint density at radius 1 is 1.39 bits per heavy atom. The van der Waals surface area contributed by atoms with Crippen LogP contribution in [0.25, 0.3) is 0 Å². The maximum absolute atomic E-state index is 12.2. The molecule has 0 amide bonds. The van der Waals surface area contributed by atoms with Crippen molar-refractivity contribution in [1.82, 2.24) is 10.2 Å². The summed E-state index contributed by atoms with van der Waals surface area (Å²) in [7, 11) is 1.65. The van der Waals surface area contributed by atoms with Crippen molar-refractivity contribution in [3.63, 3.8) is 0 Å². The normalized spacial score (nSPS) is 20.7. The van der Waals surface area contributed by atoms with Gasteiger partial charge < -0.3 is 10.1 Å². The molecule has 2 unspecified atom stereocenters. The number of alkyl halides is 3. The Hall–Kier alpha value is -1.27. The van der Waals surface area contributed by atoms with Crippen LogP contribution in [0.3, 0.4) is 0 Å². The Morgan fingerprint density at radius 2 is 2.17 bits per heavy atom. The Kier molecular flexibility index (Phi) is 6.30. The molecule has 1 aliphatic heterocycles. The van der Waals surface area contributed by atoms with E-state index < -0.39 is 12.7 Å². The third-order valence-electron chi connectivity index (χ3n) is 4.25. The molecule has 1 aromatic carbocycles. The van der Waals surface area contributed by atoms with Gasteiger partial charge >= 0.3 is 6.18 Å². The first kappa shape index (κ1) is 18.1. The van der Waals surface area contributed by atoms with E-state index in [2.05, 4.69) is 16.3 Å². The Bertz CT molecular complexity index is 493. The number of hydrogen-bond donors (Lipinski definition) is 1. The predicted molar refractivity (Wildman–Crippen MR) is 84.5 cm³/mol. The number of nitrogens with one attached hydrogen (secondary N) is 1. The molecular formula is C17H25F3N2O. The minimum absolute atomic E-state index is 0.113. The van der Waals surface area contributed by atoms with Crippen molar-refractivity contribution in [2.75, 3.05) is 26.7 Å². The van der Waals surface area contributed by atoms with Crippen LogP contribution in [0.15, 0.2) is 24.3 Å². The Labute approximate surface area is 135 Å². The zero-order chi connectivity index (χ0) is 16.9. The quantitative estimate of drug-likeness (QED) is 0.829. The third-order valence-corrected chi connectivity index (χ3v) is 4.25. The first-order valence-electron chi connectivity index (χ1n) is 8.01. The molecule has 23 heavy (non-hydrogen) atoms. The summed E-state index contributed by atoms with van der Waals surface area (Å²) in [4.78, 5) is 2.36. The highest BCUT2D eigenvalue weighted by Crippen LogP contribution is 2.24. The summed E-state index contributed by atoms with van der Waals surface area (Å²) >= 11 is 0. The van der Waals surface area contributed by atoms with Gasteiger partial charge in [0.2, 0.25) is 0 Å². The topological polar surface area (TPSA) is 24.5 Å². The molecule has 0 bridgehead atoms. The van der Waals surface area contributed by atoms with Gasteiger partial charge in [-0.2, -0.15) is 13.2 Å². The molecule has 0 radical (unpaired) electrons. The summed E-state index contributed by atoms with van der Waals surface area (Å²) in [5.74, 6) is 1.31. The van der Waals surface area contributed by atoms with Gasteiger partial charge in [-0.05, 0) is 49.9 Å². The van der Waals surface area contributed by atoms with Crippen LogP contribution < -0.4 is 10.1 Å². The van der Waals surface area contributed by atoms with Crippen LogP contribution in [0.4, 0.5) is 13.2 Å². The van der Waals surface area contributed by atoms with Crippen LogP contribution in [0.2, 0.25) is 0 Å². The highest BCUT2D eigenvalue weighted by molar-refractivity contribution is 5.28. The zero-order valence-corrected chi connectivity index (χ0v) is 13.7. The van der Waals surface area contributed by atoms with E-state index in [1.807, 2.05) is 25.1 Å². The van der Waals surface area contributed by atoms with E-state index in [-0.39, 0.29) is 6.04 Å². The molecule has 1 aromatic rings. The van der Waals surface area contributed by atoms with Crippen LogP contribution in [-0.4, -0.2) is 43.9 Å². The van der Waals surface area contributed by atoms with Crippen molar-refractivity contribution in [1.29, 1.82) is 0 Å². The van der Waals surface area contributed by atoms with Crippen molar-refractivity contribution in [3.8, 4) is 5.75 Å². The largest absolute Gasteiger partial charge is 0.497 e. The fourth-order valence-electron chi connectivity index (χ4n) is 3.15. The van der Waals surface area contributed by atoms with Crippen molar-refractivity contribution in [3.05, 3.63) is 29.8 Å². The van der Waals surface area contributed by atoms with Crippen molar-refractivity contribution in [2.24, 2.45) is 5.92 Å². The number of halogens is 3. The van der Waals surface area contributed by atoms with Crippen LogP contribution in [0.5, 0.6) is 5.75 Å². The second kappa shape index (κ2) is 8.02. The smallest absolute Gasteiger partial charge is 0.401 e. The second-order valence-electron chi connectivity index (χ2n) is 6.37. The number of benzene rings is 1. The van der Waals surface area contributed by atoms with Crippen LogP contribution in [-0.2, 0) is 6.54 Å². The summed E-state index contributed by atoms with van der Waals surface area (Å²) in [5, 5.41) is 2.57. The molecule has 3 nitrogen and oxygen atoms in total. The highest BCUT2D eigenvalue weighted by Gasteiger charge is 2.29. The van der Waals surface area contributed by atoms with E-state index >= 15 is 0 Å². The monoisotopic (exact) mass is 330 g/mol. The maximum atomic E-state index is 12.2. The van der Waals surface area contributed by atoms with Gasteiger partial charge in [0, 0.05) is 19.1 Å². The molecular weight excluding hydrogens is 305 g/mol. The molecule has 6 heteroatoms. The lowest BCUT2D eigenvalue weighted by molar-refractivity contribution is -0.126. The molecule has 1 N–H and O–H groups in total. The summed E-state index contributed by atoms with van der Waals surface area (Å²) in [5.41, 5.74) is 1.20. The Balaban J connectivity index is 1.75. The van der Waals surface area contributed by atoms with Gasteiger partial charge in [0.1, 0.15) is 5.75 Å². The Morgan fingerprint density at radius 3 is 2.87 bits per heavy atom. The summed E-state index contributed by atoms with van der Waals surface area (Å²) in [6.45, 7) is 3.71. The minimum Gasteiger partial charge on any atom is -0.497 e. The molecule has 1 heterocycles. The van der Waals surface area contributed by atoms with E-state index in [1.165, 1.54) is 5.56 Å². The predicted octanol–water partition coefficient (Wildman–Crippen LogP) is 3.45. The molecule has 1 aliphatic rings. The zero-order valence-electron chi connectivity index (χ0n) is 13.7. The summed E-state index contributed by atoms with van der Waals surface area (Å²) in [6.07, 6.45) is -2.31. The van der Waals surface area contributed by atoms with Crippen molar-refractivity contribution >= 4 is 0 Å². The van der Waals surface area contributed by atoms with Gasteiger partial charge in [0.25, 0.3) is 0 Å². The highest BCUT2D eigenvalue weighted by atomic mass is 19.4. The van der Waals surface area contributed by atoms with Crippen LogP contribution in [0, 0.1) is 5.92 Å². The van der Waals surface area contributed by atoms with Crippen molar-refractivity contribution in [2.45, 2.75) is 38.5 Å². The summed E-state index contributed by atoms with van der Waals surface area (Å²) in [6, 6.07) is 7.89. The van der Waals surface area contributed by atoms with Gasteiger partial charge in [-0.25, -0.2) is 0 Å². The SMILES string of the molecule is COc1cccc(CN2CCC(CC(C)NCC(F)(F)F)C2)c1. The van der Waals surface area contributed by atoms with E-state index in [0.717, 1.165) is 38.2 Å². The number of nitrogens with zero attached hydrogens (tertiary/aromatic N) is 1. The molecule has 1 saturated heterocycles. The maximum Gasteiger partial charge on any atom is 0.401 e. The fourth-order valence-corrected chi connectivity index (χ4v) is 3.15. The lowest BCUT2D eigenvalue weighted by Gasteiger charge is -2.20. The molecule has 0 aliphatic carbocycles. The summed E-state index contributed by atoms with van der Waals surface area (Å²) < 4.78 is 41.9. The molecule has 0 aromatic heterocycles. The number of methoxy groups -OCH3 is 1. The first-order chi connectivity index (χ1) is 10.9. The molecule has 130 valence electrons. The van der Waals surface area contributed by atoms with E-state index in [9.17, 15) is 13.2 Å². The lowest BCUT2D eigenvalue weighted by atomic mass is 10.00. The molecule has 0 saturated carbocycles. The fraction of sp³-hybridized carbons (Fsp3) is 0.647. The van der Waals surface area contributed by atoms with Gasteiger partial charge in [-0.3, -0.25) is 4.90 Å².